The Bertz CT molecular complexity index is 273. The minimum absolute atomic E-state index is 0. The molecule has 0 bridgehead atoms. The molecule has 0 radical (unpaired) electrons. The van der Waals surface area contributed by atoms with Gasteiger partial charge in [0.2, 0.25) is 0 Å². The summed E-state index contributed by atoms with van der Waals surface area (Å²) in [7, 11) is 0. The average Bonchev–Trinajstić information content (AvgIpc) is 2.10. The van der Waals surface area contributed by atoms with E-state index in [1.54, 1.807) is 0 Å². The van der Waals surface area contributed by atoms with Gasteiger partial charge in [-0.05, 0) is 22.9 Å². The Balaban J connectivity index is 0.000001000. The lowest BCUT2D eigenvalue weighted by Crippen LogP contribution is -2.10. The second-order valence-electron chi connectivity index (χ2n) is 1.80. The third kappa shape index (κ3) is 2.43. The van der Waals surface area contributed by atoms with Gasteiger partial charge in [-0.3, -0.25) is 5.41 Å². The molecular formula is C5H7BrClN3S. The number of aromatic nitrogens is 1. The van der Waals surface area contributed by atoms with Crippen LogP contribution >= 0.6 is 39.7 Å². The van der Waals surface area contributed by atoms with Crippen molar-refractivity contribution in [3.63, 3.8) is 0 Å². The number of nitrogen functional groups attached to an aromatic ring is 1. The molecule has 0 aliphatic heterocycles. The third-order valence-electron chi connectivity index (χ3n) is 1.02. The Morgan fingerprint density at radius 3 is 2.45 bits per heavy atom. The highest BCUT2D eigenvalue weighted by Gasteiger charge is 2.06. The molecular weight excluding hydrogens is 250 g/mol. The number of thiazole rings is 1. The smallest absolute Gasteiger partial charge is 0.160 e. The van der Waals surface area contributed by atoms with Crippen molar-refractivity contribution in [1.82, 2.24) is 4.98 Å². The summed E-state index contributed by atoms with van der Waals surface area (Å²) in [6, 6.07) is 0. The lowest BCUT2D eigenvalue weighted by Gasteiger charge is -1.89. The van der Waals surface area contributed by atoms with Gasteiger partial charge in [-0.15, -0.1) is 23.7 Å². The molecule has 3 N–H and O–H groups in total. The number of hydrogen-bond acceptors (Lipinski definition) is 3. The molecule has 1 rings (SSSR count). The zero-order chi connectivity index (χ0) is 7.72. The zero-order valence-electron chi connectivity index (χ0n) is 5.72. The Hall–Kier alpha value is -0.130. The van der Waals surface area contributed by atoms with Gasteiger partial charge in [0.25, 0.3) is 0 Å². The molecule has 3 nitrogen and oxygen atoms in total. The maximum Gasteiger partial charge on any atom is 0.160 e. The van der Waals surface area contributed by atoms with Crippen LogP contribution in [0, 0.1) is 12.3 Å². The molecule has 6 heteroatoms. The van der Waals surface area contributed by atoms with Crippen molar-refractivity contribution in [3.8, 4) is 0 Å². The van der Waals surface area contributed by atoms with E-state index in [0.29, 0.717) is 0 Å². The Labute approximate surface area is 83.1 Å². The highest BCUT2D eigenvalue weighted by Crippen LogP contribution is 2.21. The lowest BCUT2D eigenvalue weighted by atomic mass is 10.4. The van der Waals surface area contributed by atoms with E-state index in [9.17, 15) is 0 Å². The number of nitrogens with one attached hydrogen (secondary N) is 1. The number of amidine groups is 1. The van der Waals surface area contributed by atoms with E-state index in [-0.39, 0.29) is 18.2 Å². The molecule has 0 saturated carbocycles. The molecule has 0 aromatic carbocycles. The molecule has 11 heavy (non-hydrogen) atoms. The number of halogens is 2. The van der Waals surface area contributed by atoms with Crippen molar-refractivity contribution in [2.45, 2.75) is 6.92 Å². The van der Waals surface area contributed by atoms with Crippen LogP contribution in [0.3, 0.4) is 0 Å². The first-order chi connectivity index (χ1) is 4.61. The van der Waals surface area contributed by atoms with Gasteiger partial charge in [0.15, 0.2) is 3.92 Å². The van der Waals surface area contributed by atoms with Crippen molar-refractivity contribution in [2.75, 3.05) is 0 Å². The fourth-order valence-corrected chi connectivity index (χ4v) is 2.02. The Kier molecular flexibility index (Phi) is 3.99. The minimum Gasteiger partial charge on any atom is -0.383 e. The molecule has 0 atom stereocenters. The van der Waals surface area contributed by atoms with Crippen molar-refractivity contribution in [2.24, 2.45) is 5.73 Å². The molecule has 0 fully saturated rings. The van der Waals surface area contributed by atoms with Gasteiger partial charge in [0, 0.05) is 0 Å². The Morgan fingerprint density at radius 1 is 1.73 bits per heavy atom. The van der Waals surface area contributed by atoms with Crippen molar-refractivity contribution in [3.05, 3.63) is 14.5 Å². The van der Waals surface area contributed by atoms with Gasteiger partial charge in [-0.25, -0.2) is 4.98 Å². The predicted molar refractivity (Wildman–Crippen MR) is 52.8 cm³/mol. The fraction of sp³-hybridized carbons (Fsp3) is 0.200. The molecule has 0 saturated heterocycles. The van der Waals surface area contributed by atoms with E-state index in [2.05, 4.69) is 20.9 Å². The van der Waals surface area contributed by atoms with Crippen molar-refractivity contribution >= 4 is 45.5 Å². The fourth-order valence-electron chi connectivity index (χ4n) is 0.613. The molecule has 1 aromatic heterocycles. The van der Waals surface area contributed by atoms with Crippen LogP contribution in [0.4, 0.5) is 0 Å². The van der Waals surface area contributed by atoms with Crippen LogP contribution in [0.1, 0.15) is 10.6 Å². The first-order valence-electron chi connectivity index (χ1n) is 2.58. The summed E-state index contributed by atoms with van der Waals surface area (Å²) >= 11 is 4.58. The van der Waals surface area contributed by atoms with E-state index in [1.807, 2.05) is 6.92 Å². The number of nitrogens with zero attached hydrogens (tertiary/aromatic N) is 1. The molecule has 0 aliphatic carbocycles. The number of hydrogen-bond donors (Lipinski definition) is 2. The molecule has 62 valence electrons. The van der Waals surface area contributed by atoms with E-state index in [4.69, 9.17) is 11.1 Å². The van der Waals surface area contributed by atoms with Crippen LogP contribution in [0.25, 0.3) is 0 Å². The first-order valence-corrected chi connectivity index (χ1v) is 4.19. The van der Waals surface area contributed by atoms with Crippen LogP contribution in [-0.4, -0.2) is 10.8 Å². The number of aryl methyl sites for hydroxylation is 1. The summed E-state index contributed by atoms with van der Waals surface area (Å²) in [6.07, 6.45) is 0. The summed E-state index contributed by atoms with van der Waals surface area (Å²) in [5.74, 6) is 0.0840. The van der Waals surface area contributed by atoms with Crippen molar-refractivity contribution in [1.29, 1.82) is 5.41 Å². The van der Waals surface area contributed by atoms with Crippen LogP contribution in [0.15, 0.2) is 3.92 Å². The van der Waals surface area contributed by atoms with Crippen molar-refractivity contribution < 1.29 is 0 Å². The molecule has 0 spiro atoms. The minimum atomic E-state index is 0. The quantitative estimate of drug-likeness (QED) is 0.596. The summed E-state index contributed by atoms with van der Waals surface area (Å²) < 4.78 is 0.773. The predicted octanol–water partition coefficient (Wildman–Crippen LogP) is 1.92. The molecule has 1 aromatic rings. The van der Waals surface area contributed by atoms with Gasteiger partial charge >= 0.3 is 0 Å². The maximum atomic E-state index is 7.12. The number of rotatable bonds is 1. The van der Waals surface area contributed by atoms with Crippen LogP contribution in [-0.2, 0) is 0 Å². The first kappa shape index (κ1) is 10.9. The van der Waals surface area contributed by atoms with Gasteiger partial charge in [-0.2, -0.15) is 0 Å². The monoisotopic (exact) mass is 255 g/mol. The third-order valence-corrected chi connectivity index (χ3v) is 2.66. The van der Waals surface area contributed by atoms with E-state index in [0.717, 1.165) is 14.5 Å². The second kappa shape index (κ2) is 4.04. The van der Waals surface area contributed by atoms with Gasteiger partial charge in [-0.1, -0.05) is 0 Å². The van der Waals surface area contributed by atoms with Crippen LogP contribution in [0.5, 0.6) is 0 Å². The van der Waals surface area contributed by atoms with E-state index in [1.165, 1.54) is 11.3 Å². The molecule has 0 aliphatic rings. The van der Waals surface area contributed by atoms with E-state index >= 15 is 0 Å². The molecule has 0 amide bonds. The summed E-state index contributed by atoms with van der Waals surface area (Å²) in [5, 5.41) is 7.12. The highest BCUT2D eigenvalue weighted by atomic mass is 79.9. The standard InChI is InChI=1S/C5H6BrN3S.ClH/c1-2-3(4(7)8)10-5(6)9-2;/h1H3,(H3,7,8);1H. The normalized spacial score (nSPS) is 8.91. The Morgan fingerprint density at radius 2 is 2.27 bits per heavy atom. The molecule has 0 unspecified atom stereocenters. The number of nitrogens with two attached hydrogens (primary N) is 1. The molecule has 1 heterocycles. The van der Waals surface area contributed by atoms with E-state index < -0.39 is 0 Å². The van der Waals surface area contributed by atoms with Gasteiger partial charge < -0.3 is 5.73 Å². The SMILES string of the molecule is Cc1nc(Br)sc1C(=N)N.Cl. The largest absolute Gasteiger partial charge is 0.383 e. The maximum absolute atomic E-state index is 7.12. The van der Waals surface area contributed by atoms with Crippen LogP contribution < -0.4 is 5.73 Å². The van der Waals surface area contributed by atoms with Gasteiger partial charge in [0.1, 0.15) is 5.84 Å². The van der Waals surface area contributed by atoms with Crippen LogP contribution in [0.2, 0.25) is 0 Å². The average molecular weight is 257 g/mol. The lowest BCUT2D eigenvalue weighted by molar-refractivity contribution is 1.23. The zero-order valence-corrected chi connectivity index (χ0v) is 8.94. The highest BCUT2D eigenvalue weighted by molar-refractivity contribution is 9.11. The summed E-state index contributed by atoms with van der Waals surface area (Å²) in [4.78, 5) is 4.79. The van der Waals surface area contributed by atoms with Gasteiger partial charge in [0.05, 0.1) is 10.6 Å². The summed E-state index contributed by atoms with van der Waals surface area (Å²) in [5.41, 5.74) is 6.07. The second-order valence-corrected chi connectivity index (χ2v) is 4.07. The summed E-state index contributed by atoms with van der Waals surface area (Å²) in [6.45, 7) is 1.83. The topological polar surface area (TPSA) is 62.8 Å².